The predicted molar refractivity (Wildman–Crippen MR) is 70.3 cm³/mol. The van der Waals surface area contributed by atoms with Crippen molar-refractivity contribution in [2.75, 3.05) is 6.54 Å². The molecule has 1 aliphatic rings. The van der Waals surface area contributed by atoms with Crippen LogP contribution in [0.25, 0.3) is 5.69 Å². The van der Waals surface area contributed by atoms with Gasteiger partial charge in [0.05, 0.1) is 11.3 Å². The van der Waals surface area contributed by atoms with Crippen molar-refractivity contribution in [3.8, 4) is 5.69 Å². The van der Waals surface area contributed by atoms with Gasteiger partial charge in [0.15, 0.2) is 0 Å². The Morgan fingerprint density at radius 3 is 2.95 bits per heavy atom. The number of aliphatic hydroxyl groups is 1. The zero-order valence-corrected chi connectivity index (χ0v) is 10.9. The minimum Gasteiger partial charge on any atom is -0.388 e. The third-order valence-corrected chi connectivity index (χ3v) is 3.58. The summed E-state index contributed by atoms with van der Waals surface area (Å²) >= 11 is 0. The van der Waals surface area contributed by atoms with Crippen LogP contribution in [0.5, 0.6) is 0 Å². The van der Waals surface area contributed by atoms with Crippen molar-refractivity contribution in [3.63, 3.8) is 0 Å². The van der Waals surface area contributed by atoms with E-state index in [1.807, 2.05) is 6.07 Å². The van der Waals surface area contributed by atoms with Crippen LogP contribution in [-0.2, 0) is 0 Å². The predicted octanol–water partition coefficient (Wildman–Crippen LogP) is 0.307. The van der Waals surface area contributed by atoms with Gasteiger partial charge in [0.25, 0.3) is 5.91 Å². The highest BCUT2D eigenvalue weighted by atomic mass is 16.3. The van der Waals surface area contributed by atoms with E-state index < -0.39 is 5.60 Å². The van der Waals surface area contributed by atoms with Gasteiger partial charge in [-0.15, -0.1) is 5.10 Å². The van der Waals surface area contributed by atoms with Crippen molar-refractivity contribution >= 4 is 5.91 Å². The van der Waals surface area contributed by atoms with Crippen molar-refractivity contribution in [3.05, 3.63) is 36.2 Å². The van der Waals surface area contributed by atoms with E-state index in [9.17, 15) is 9.90 Å². The number of nitrogens with zero attached hydrogens (tertiary/aromatic N) is 4. The summed E-state index contributed by atoms with van der Waals surface area (Å²) in [6, 6.07) is 7.00. The summed E-state index contributed by atoms with van der Waals surface area (Å²) in [5.74, 6) is -0.208. The molecule has 2 N–H and O–H groups in total. The Morgan fingerprint density at radius 2 is 2.30 bits per heavy atom. The van der Waals surface area contributed by atoms with Gasteiger partial charge in [-0.05, 0) is 47.9 Å². The smallest absolute Gasteiger partial charge is 0.251 e. The van der Waals surface area contributed by atoms with Crippen molar-refractivity contribution in [2.24, 2.45) is 0 Å². The quantitative estimate of drug-likeness (QED) is 0.836. The Bertz CT molecular complexity index is 607. The molecular weight excluding hydrogens is 258 g/mol. The Labute approximate surface area is 115 Å². The highest BCUT2D eigenvalue weighted by molar-refractivity contribution is 5.94. The normalized spacial score (nSPS) is 16.4. The third kappa shape index (κ3) is 2.53. The Kier molecular flexibility index (Phi) is 3.19. The Balaban J connectivity index is 1.70. The summed E-state index contributed by atoms with van der Waals surface area (Å²) in [6.07, 6.45) is 3.98. The molecular formula is C13H15N5O2. The number of aromatic nitrogens is 4. The lowest BCUT2D eigenvalue weighted by Gasteiger charge is -2.36. The molecule has 7 heteroatoms. The number of carbonyl (C=O) groups excluding carboxylic acids is 1. The SMILES string of the molecule is O=C(NCC1(O)CCC1)c1cccc(-n2cnnn2)c1. The van der Waals surface area contributed by atoms with Crippen molar-refractivity contribution < 1.29 is 9.90 Å². The molecule has 1 aromatic heterocycles. The summed E-state index contributed by atoms with van der Waals surface area (Å²) in [6.45, 7) is 0.293. The molecule has 1 aromatic carbocycles. The first-order valence-corrected chi connectivity index (χ1v) is 6.50. The van der Waals surface area contributed by atoms with Gasteiger partial charge in [0, 0.05) is 12.1 Å². The van der Waals surface area contributed by atoms with E-state index in [0.29, 0.717) is 17.8 Å². The van der Waals surface area contributed by atoms with E-state index in [1.165, 1.54) is 11.0 Å². The second-order valence-electron chi connectivity index (χ2n) is 5.07. The minimum atomic E-state index is -0.719. The second-order valence-corrected chi connectivity index (χ2v) is 5.07. The number of hydrogen-bond acceptors (Lipinski definition) is 5. The molecule has 1 aliphatic carbocycles. The van der Waals surface area contributed by atoms with Gasteiger partial charge in [0.1, 0.15) is 6.33 Å². The van der Waals surface area contributed by atoms with Crippen molar-refractivity contribution in [2.45, 2.75) is 24.9 Å². The zero-order valence-electron chi connectivity index (χ0n) is 10.9. The van der Waals surface area contributed by atoms with Crippen LogP contribution in [0.15, 0.2) is 30.6 Å². The van der Waals surface area contributed by atoms with Crippen molar-refractivity contribution in [1.82, 2.24) is 25.5 Å². The van der Waals surface area contributed by atoms with Crippen LogP contribution < -0.4 is 5.32 Å². The van der Waals surface area contributed by atoms with Crippen molar-refractivity contribution in [1.29, 1.82) is 0 Å². The lowest BCUT2D eigenvalue weighted by Crippen LogP contribution is -2.47. The number of rotatable bonds is 4. The first kappa shape index (κ1) is 12.7. The first-order chi connectivity index (χ1) is 9.66. The van der Waals surface area contributed by atoms with Gasteiger partial charge in [-0.25, -0.2) is 4.68 Å². The van der Waals surface area contributed by atoms with E-state index in [4.69, 9.17) is 0 Å². The molecule has 20 heavy (non-hydrogen) atoms. The van der Waals surface area contributed by atoms with E-state index in [-0.39, 0.29) is 5.91 Å². The largest absolute Gasteiger partial charge is 0.388 e. The maximum Gasteiger partial charge on any atom is 0.251 e. The average molecular weight is 273 g/mol. The van der Waals surface area contributed by atoms with Gasteiger partial charge >= 0.3 is 0 Å². The lowest BCUT2D eigenvalue weighted by molar-refractivity contribution is -0.0300. The average Bonchev–Trinajstić information content (AvgIpc) is 2.97. The molecule has 0 saturated heterocycles. The van der Waals surface area contributed by atoms with Gasteiger partial charge in [-0.2, -0.15) is 0 Å². The molecule has 0 unspecified atom stereocenters. The van der Waals surface area contributed by atoms with Gasteiger partial charge < -0.3 is 10.4 Å². The van der Waals surface area contributed by atoms with E-state index in [0.717, 1.165) is 19.3 Å². The highest BCUT2D eigenvalue weighted by Crippen LogP contribution is 2.30. The summed E-state index contributed by atoms with van der Waals surface area (Å²) in [5.41, 5.74) is 0.509. The molecule has 1 amide bonds. The minimum absolute atomic E-state index is 0.208. The Hall–Kier alpha value is -2.28. The fourth-order valence-electron chi connectivity index (χ4n) is 2.18. The van der Waals surface area contributed by atoms with Gasteiger partial charge in [-0.3, -0.25) is 4.79 Å². The van der Waals surface area contributed by atoms with Crippen LogP contribution in [0, 0.1) is 0 Å². The summed E-state index contributed by atoms with van der Waals surface area (Å²) in [4.78, 5) is 12.1. The molecule has 0 bridgehead atoms. The molecule has 1 saturated carbocycles. The van der Waals surface area contributed by atoms with Gasteiger partial charge in [0.2, 0.25) is 0 Å². The van der Waals surface area contributed by atoms with Crippen LogP contribution in [-0.4, -0.2) is 43.4 Å². The summed E-state index contributed by atoms with van der Waals surface area (Å²) in [5, 5.41) is 23.6. The molecule has 0 atom stereocenters. The molecule has 0 spiro atoms. The second kappa shape index (κ2) is 5.01. The van der Waals surface area contributed by atoms with Crippen LogP contribution in [0.4, 0.5) is 0 Å². The molecule has 104 valence electrons. The van der Waals surface area contributed by atoms with E-state index >= 15 is 0 Å². The molecule has 0 radical (unpaired) electrons. The van der Waals surface area contributed by atoms with Gasteiger partial charge in [-0.1, -0.05) is 6.07 Å². The fraction of sp³-hybridized carbons (Fsp3) is 0.385. The number of carbonyl (C=O) groups is 1. The summed E-state index contributed by atoms with van der Waals surface area (Å²) < 4.78 is 1.48. The fourth-order valence-corrected chi connectivity index (χ4v) is 2.18. The van der Waals surface area contributed by atoms with Crippen LogP contribution in [0.1, 0.15) is 29.6 Å². The first-order valence-electron chi connectivity index (χ1n) is 6.50. The monoisotopic (exact) mass is 273 g/mol. The maximum absolute atomic E-state index is 12.1. The maximum atomic E-state index is 12.1. The molecule has 0 aliphatic heterocycles. The number of benzene rings is 1. The number of nitrogens with one attached hydrogen (secondary N) is 1. The third-order valence-electron chi connectivity index (χ3n) is 3.58. The van der Waals surface area contributed by atoms with E-state index in [2.05, 4.69) is 20.8 Å². The number of hydrogen-bond donors (Lipinski definition) is 2. The molecule has 7 nitrogen and oxygen atoms in total. The van der Waals surface area contributed by atoms with Crippen LogP contribution in [0.2, 0.25) is 0 Å². The van der Waals surface area contributed by atoms with E-state index in [1.54, 1.807) is 18.2 Å². The topological polar surface area (TPSA) is 92.9 Å². The summed E-state index contributed by atoms with van der Waals surface area (Å²) in [7, 11) is 0. The molecule has 3 rings (SSSR count). The number of tetrazole rings is 1. The molecule has 2 aromatic rings. The standard InChI is InChI=1S/C13H15N5O2/c19-12(14-8-13(20)5-2-6-13)10-3-1-4-11(7-10)18-9-15-16-17-18/h1,3-4,7,9,20H,2,5-6,8H2,(H,14,19). The number of amides is 1. The van der Waals surface area contributed by atoms with Crippen LogP contribution in [0.3, 0.4) is 0 Å². The highest BCUT2D eigenvalue weighted by Gasteiger charge is 2.34. The van der Waals surface area contributed by atoms with Crippen LogP contribution >= 0.6 is 0 Å². The lowest BCUT2D eigenvalue weighted by atomic mass is 9.80. The zero-order chi connectivity index (χ0) is 14.0. The Morgan fingerprint density at radius 1 is 1.45 bits per heavy atom. The molecule has 1 fully saturated rings. The molecule has 1 heterocycles.